The molecule has 0 saturated carbocycles. The minimum Gasteiger partial charge on any atom is -0.342 e. The summed E-state index contributed by atoms with van der Waals surface area (Å²) in [5.41, 5.74) is 1.84. The monoisotopic (exact) mass is 275 g/mol. The highest BCUT2D eigenvalue weighted by Gasteiger charge is 2.04. The van der Waals surface area contributed by atoms with Gasteiger partial charge in [0.15, 0.2) is 0 Å². The molecule has 0 fully saturated rings. The van der Waals surface area contributed by atoms with E-state index < -0.39 is 0 Å². The molecule has 0 amide bonds. The number of aromatic nitrogens is 1. The normalized spacial score (nSPS) is 10.9. The Labute approximate surface area is 113 Å². The maximum atomic E-state index is 10.7. The number of thiophene rings is 1. The van der Waals surface area contributed by atoms with Crippen LogP contribution < -0.4 is 0 Å². The van der Waals surface area contributed by atoms with Crippen molar-refractivity contribution in [3.8, 4) is 0 Å². The molecule has 0 unspecified atom stereocenters. The van der Waals surface area contributed by atoms with Crippen molar-refractivity contribution in [1.29, 1.82) is 0 Å². The van der Waals surface area contributed by atoms with Crippen LogP contribution in [0.5, 0.6) is 0 Å². The van der Waals surface area contributed by atoms with Crippen molar-refractivity contribution in [2.45, 2.75) is 6.54 Å². The van der Waals surface area contributed by atoms with Crippen LogP contribution in [0.25, 0.3) is 10.9 Å². The van der Waals surface area contributed by atoms with E-state index in [2.05, 4.69) is 4.57 Å². The van der Waals surface area contributed by atoms with Crippen LogP contribution in [0.4, 0.5) is 0 Å². The lowest BCUT2D eigenvalue weighted by Crippen LogP contribution is -1.95. The van der Waals surface area contributed by atoms with Gasteiger partial charge in [0.2, 0.25) is 0 Å². The van der Waals surface area contributed by atoms with E-state index in [1.165, 1.54) is 4.88 Å². The van der Waals surface area contributed by atoms with Gasteiger partial charge in [-0.15, -0.1) is 11.3 Å². The molecule has 90 valence electrons. The molecule has 3 rings (SSSR count). The Bertz CT molecular complexity index is 713. The van der Waals surface area contributed by atoms with Gasteiger partial charge in [0.1, 0.15) is 6.29 Å². The first-order valence-corrected chi connectivity index (χ1v) is 6.74. The summed E-state index contributed by atoms with van der Waals surface area (Å²) >= 11 is 7.52. The number of hydrogen-bond donors (Lipinski definition) is 0. The minimum absolute atomic E-state index is 0.708. The van der Waals surface area contributed by atoms with Gasteiger partial charge in [0.25, 0.3) is 0 Å². The zero-order valence-electron chi connectivity index (χ0n) is 9.47. The van der Waals surface area contributed by atoms with E-state index in [-0.39, 0.29) is 0 Å². The van der Waals surface area contributed by atoms with Crippen LogP contribution in [0.3, 0.4) is 0 Å². The number of halogens is 1. The molecule has 0 aliphatic carbocycles. The van der Waals surface area contributed by atoms with E-state index >= 15 is 0 Å². The zero-order chi connectivity index (χ0) is 12.5. The third-order valence-corrected chi connectivity index (χ3v) is 4.10. The maximum absolute atomic E-state index is 10.7. The predicted octanol–water partition coefficient (Wildman–Crippen LogP) is 4.22. The molecule has 3 aromatic rings. The second-order valence-electron chi connectivity index (χ2n) is 4.09. The highest BCUT2D eigenvalue weighted by Crippen LogP contribution is 2.24. The van der Waals surface area contributed by atoms with E-state index in [0.29, 0.717) is 5.56 Å². The van der Waals surface area contributed by atoms with Crippen LogP contribution in [0.1, 0.15) is 15.2 Å². The van der Waals surface area contributed by atoms with Crippen molar-refractivity contribution in [2.24, 2.45) is 0 Å². The molecule has 0 saturated heterocycles. The largest absolute Gasteiger partial charge is 0.342 e. The third kappa shape index (κ3) is 2.07. The average molecular weight is 276 g/mol. The zero-order valence-corrected chi connectivity index (χ0v) is 11.0. The summed E-state index contributed by atoms with van der Waals surface area (Å²) in [6, 6.07) is 11.7. The van der Waals surface area contributed by atoms with Crippen molar-refractivity contribution in [2.75, 3.05) is 0 Å². The maximum Gasteiger partial charge on any atom is 0.150 e. The summed E-state index contributed by atoms with van der Waals surface area (Å²) in [5.74, 6) is 0. The SMILES string of the molecule is O=Cc1ccc2c(ccn2Cc2ccc(Cl)s2)c1. The van der Waals surface area contributed by atoms with Gasteiger partial charge >= 0.3 is 0 Å². The minimum atomic E-state index is 0.708. The molecule has 18 heavy (non-hydrogen) atoms. The molecule has 0 atom stereocenters. The number of rotatable bonds is 3. The van der Waals surface area contributed by atoms with Crippen LogP contribution in [0, 0.1) is 0 Å². The molecule has 0 spiro atoms. The van der Waals surface area contributed by atoms with Gasteiger partial charge in [-0.25, -0.2) is 0 Å². The van der Waals surface area contributed by atoms with Crippen molar-refractivity contribution < 1.29 is 4.79 Å². The van der Waals surface area contributed by atoms with Gasteiger partial charge in [-0.1, -0.05) is 11.6 Å². The van der Waals surface area contributed by atoms with E-state index in [1.807, 2.05) is 42.6 Å². The molecule has 0 bridgehead atoms. The Morgan fingerprint density at radius 2 is 2.11 bits per heavy atom. The molecule has 0 aliphatic heterocycles. The molecule has 1 aromatic carbocycles. The van der Waals surface area contributed by atoms with Crippen LogP contribution >= 0.6 is 22.9 Å². The second kappa shape index (κ2) is 4.59. The predicted molar refractivity (Wildman–Crippen MR) is 75.8 cm³/mol. The number of aldehydes is 1. The number of carbonyl (C=O) groups excluding carboxylic acids is 1. The third-order valence-electron chi connectivity index (χ3n) is 2.89. The van der Waals surface area contributed by atoms with E-state index in [9.17, 15) is 4.79 Å². The first kappa shape index (κ1) is 11.5. The summed E-state index contributed by atoms with van der Waals surface area (Å²) in [5, 5.41) is 1.09. The molecule has 0 radical (unpaired) electrons. The van der Waals surface area contributed by atoms with Crippen molar-refractivity contribution in [3.05, 3.63) is 57.4 Å². The molecular formula is C14H10ClNOS. The fourth-order valence-corrected chi connectivity index (χ4v) is 3.12. The highest BCUT2D eigenvalue weighted by atomic mass is 35.5. The Morgan fingerprint density at radius 3 is 2.83 bits per heavy atom. The average Bonchev–Trinajstić information content (AvgIpc) is 2.96. The number of carbonyl (C=O) groups is 1. The van der Waals surface area contributed by atoms with Gasteiger partial charge in [0.05, 0.1) is 10.9 Å². The summed E-state index contributed by atoms with van der Waals surface area (Å²) in [7, 11) is 0. The summed E-state index contributed by atoms with van der Waals surface area (Å²) < 4.78 is 2.97. The van der Waals surface area contributed by atoms with Crippen LogP contribution in [-0.4, -0.2) is 10.9 Å². The molecule has 2 nitrogen and oxygen atoms in total. The molecule has 2 aromatic heterocycles. The number of hydrogen-bond acceptors (Lipinski definition) is 2. The molecule has 4 heteroatoms. The number of nitrogens with zero attached hydrogens (tertiary/aromatic N) is 1. The lowest BCUT2D eigenvalue weighted by molar-refractivity contribution is 0.112. The van der Waals surface area contributed by atoms with E-state index in [0.717, 1.165) is 28.1 Å². The van der Waals surface area contributed by atoms with E-state index in [1.54, 1.807) is 11.3 Å². The van der Waals surface area contributed by atoms with Gasteiger partial charge in [0, 0.05) is 27.5 Å². The first-order chi connectivity index (χ1) is 8.76. The fourth-order valence-electron chi connectivity index (χ4n) is 2.03. The summed E-state index contributed by atoms with van der Waals surface area (Å²) in [6.45, 7) is 0.807. The highest BCUT2D eigenvalue weighted by molar-refractivity contribution is 7.16. The Morgan fingerprint density at radius 1 is 1.22 bits per heavy atom. The standard InChI is InChI=1S/C14H10ClNOS/c15-14-4-2-12(18-14)8-16-6-5-11-7-10(9-17)1-3-13(11)16/h1-7,9H,8H2. The summed E-state index contributed by atoms with van der Waals surface area (Å²) in [4.78, 5) is 12.0. The molecule has 2 heterocycles. The molecule has 0 N–H and O–H groups in total. The molecular weight excluding hydrogens is 266 g/mol. The fraction of sp³-hybridized carbons (Fsp3) is 0.0714. The van der Waals surface area contributed by atoms with Crippen molar-refractivity contribution >= 4 is 40.1 Å². The lowest BCUT2D eigenvalue weighted by Gasteiger charge is -2.03. The van der Waals surface area contributed by atoms with Crippen molar-refractivity contribution in [3.63, 3.8) is 0 Å². The van der Waals surface area contributed by atoms with E-state index in [4.69, 9.17) is 11.6 Å². The second-order valence-corrected chi connectivity index (χ2v) is 5.89. The smallest absolute Gasteiger partial charge is 0.150 e. The van der Waals surface area contributed by atoms with Crippen LogP contribution in [-0.2, 0) is 6.54 Å². The van der Waals surface area contributed by atoms with Gasteiger partial charge in [-0.05, 0) is 36.4 Å². The van der Waals surface area contributed by atoms with Crippen LogP contribution in [0.2, 0.25) is 4.34 Å². The Kier molecular flexibility index (Phi) is 2.94. The van der Waals surface area contributed by atoms with Gasteiger partial charge in [-0.3, -0.25) is 4.79 Å². The van der Waals surface area contributed by atoms with Crippen molar-refractivity contribution in [1.82, 2.24) is 4.57 Å². The van der Waals surface area contributed by atoms with Gasteiger partial charge < -0.3 is 4.57 Å². The Balaban J connectivity index is 2.00. The first-order valence-electron chi connectivity index (χ1n) is 5.54. The number of fused-ring (bicyclic) bond motifs is 1. The number of benzene rings is 1. The summed E-state index contributed by atoms with van der Waals surface area (Å²) in [6.07, 6.45) is 2.91. The topological polar surface area (TPSA) is 22.0 Å². The molecule has 0 aliphatic rings. The lowest BCUT2D eigenvalue weighted by atomic mass is 10.2. The van der Waals surface area contributed by atoms with Gasteiger partial charge in [-0.2, -0.15) is 0 Å². The van der Waals surface area contributed by atoms with Crippen LogP contribution in [0.15, 0.2) is 42.6 Å². The quantitative estimate of drug-likeness (QED) is 0.656. The Hall–Kier alpha value is -1.58.